The number of nitrogens with one attached hydrogen (secondary N) is 2. The van der Waals surface area contributed by atoms with Crippen LogP contribution in [0.5, 0.6) is 5.75 Å². The van der Waals surface area contributed by atoms with Crippen LogP contribution in [0.2, 0.25) is 0 Å². The molecule has 0 unspecified atom stereocenters. The molecule has 1 atom stereocenters. The predicted octanol–water partition coefficient (Wildman–Crippen LogP) is 1.80. The Kier molecular flexibility index (Phi) is 5.55. The normalized spacial score (nSPS) is 11.4. The van der Waals surface area contributed by atoms with Gasteiger partial charge in [-0.2, -0.15) is 5.26 Å². The molecule has 0 aromatic heterocycles. The highest BCUT2D eigenvalue weighted by Gasteiger charge is 2.24. The number of aliphatic carboxylic acids is 1. The summed E-state index contributed by atoms with van der Waals surface area (Å²) in [6.07, 6.45) is 0. The van der Waals surface area contributed by atoms with E-state index < -0.39 is 18.0 Å². The smallest absolute Gasteiger partial charge is 0.326 e. The molecule has 1 rings (SSSR count). The van der Waals surface area contributed by atoms with Gasteiger partial charge < -0.3 is 20.5 Å². The first-order valence-electron chi connectivity index (χ1n) is 6.28. The molecule has 2 amide bonds. The zero-order valence-electron chi connectivity index (χ0n) is 12.0. The second kappa shape index (κ2) is 7.14. The van der Waals surface area contributed by atoms with Gasteiger partial charge in [-0.1, -0.05) is 19.9 Å². The number of methoxy groups -OCH3 is 1. The van der Waals surface area contributed by atoms with Crippen molar-refractivity contribution in [2.75, 3.05) is 12.4 Å². The third kappa shape index (κ3) is 4.11. The number of hydrogen-bond donors (Lipinski definition) is 3. The maximum absolute atomic E-state index is 11.9. The van der Waals surface area contributed by atoms with Gasteiger partial charge in [0.15, 0.2) is 0 Å². The second-order valence-electron chi connectivity index (χ2n) is 4.65. The second-order valence-corrected chi connectivity index (χ2v) is 4.65. The van der Waals surface area contributed by atoms with Crippen molar-refractivity contribution < 1.29 is 19.4 Å². The lowest BCUT2D eigenvalue weighted by molar-refractivity contribution is -0.140. The maximum atomic E-state index is 11.9. The molecular weight excluding hydrogens is 274 g/mol. The van der Waals surface area contributed by atoms with Crippen LogP contribution in [-0.2, 0) is 4.79 Å². The molecular formula is C14H17N3O4. The minimum absolute atomic E-state index is 0.202. The molecule has 0 radical (unpaired) electrons. The summed E-state index contributed by atoms with van der Waals surface area (Å²) in [6.45, 7) is 3.37. The monoisotopic (exact) mass is 291 g/mol. The number of anilines is 1. The number of carbonyl (C=O) groups is 2. The lowest BCUT2D eigenvalue weighted by Crippen LogP contribution is -2.46. The number of benzene rings is 1. The van der Waals surface area contributed by atoms with Crippen molar-refractivity contribution in [1.29, 1.82) is 5.26 Å². The molecule has 0 saturated carbocycles. The number of rotatable bonds is 5. The molecule has 0 fully saturated rings. The molecule has 112 valence electrons. The topological polar surface area (TPSA) is 111 Å². The molecule has 1 aromatic rings. The van der Waals surface area contributed by atoms with Crippen molar-refractivity contribution in [3.05, 3.63) is 23.8 Å². The number of nitriles is 1. The van der Waals surface area contributed by atoms with E-state index in [2.05, 4.69) is 10.6 Å². The van der Waals surface area contributed by atoms with E-state index in [9.17, 15) is 9.59 Å². The van der Waals surface area contributed by atoms with Crippen LogP contribution < -0.4 is 15.4 Å². The summed E-state index contributed by atoms with van der Waals surface area (Å²) in [6, 6.07) is 4.94. The molecule has 0 spiro atoms. The quantitative estimate of drug-likeness (QED) is 0.765. The first-order valence-corrected chi connectivity index (χ1v) is 6.28. The molecule has 0 aliphatic rings. The molecule has 0 saturated heterocycles. The Labute approximate surface area is 122 Å². The minimum Gasteiger partial charge on any atom is -0.495 e. The van der Waals surface area contributed by atoms with Gasteiger partial charge in [0.1, 0.15) is 23.5 Å². The van der Waals surface area contributed by atoms with Crippen LogP contribution in [0.3, 0.4) is 0 Å². The van der Waals surface area contributed by atoms with Crippen LogP contribution in [-0.4, -0.2) is 30.3 Å². The van der Waals surface area contributed by atoms with E-state index in [1.165, 1.54) is 13.2 Å². The highest BCUT2D eigenvalue weighted by atomic mass is 16.5. The fourth-order valence-electron chi connectivity index (χ4n) is 1.73. The number of ether oxygens (including phenoxy) is 1. The van der Waals surface area contributed by atoms with Gasteiger partial charge in [-0.25, -0.2) is 9.59 Å². The van der Waals surface area contributed by atoms with Crippen molar-refractivity contribution >= 4 is 17.7 Å². The molecule has 7 nitrogen and oxygen atoms in total. The summed E-state index contributed by atoms with van der Waals surface area (Å²) in [5.41, 5.74) is 0.425. The molecule has 0 aliphatic carbocycles. The summed E-state index contributed by atoms with van der Waals surface area (Å²) in [5.74, 6) is -1.08. The largest absolute Gasteiger partial charge is 0.495 e. The van der Waals surface area contributed by atoms with E-state index in [1.54, 1.807) is 26.0 Å². The Bertz CT molecular complexity index is 578. The van der Waals surface area contributed by atoms with Crippen LogP contribution in [0, 0.1) is 17.2 Å². The average Bonchev–Trinajstić information content (AvgIpc) is 2.44. The number of para-hydroxylation sites is 1. The van der Waals surface area contributed by atoms with E-state index in [1.807, 2.05) is 6.07 Å². The molecule has 0 bridgehead atoms. The number of hydrogen-bond acceptors (Lipinski definition) is 4. The van der Waals surface area contributed by atoms with Crippen LogP contribution in [0.25, 0.3) is 0 Å². The summed E-state index contributed by atoms with van der Waals surface area (Å²) in [7, 11) is 1.41. The van der Waals surface area contributed by atoms with Gasteiger partial charge in [0.2, 0.25) is 0 Å². The first-order chi connectivity index (χ1) is 9.90. The zero-order valence-corrected chi connectivity index (χ0v) is 12.0. The van der Waals surface area contributed by atoms with Crippen molar-refractivity contribution in [3.8, 4) is 11.8 Å². The molecule has 3 N–H and O–H groups in total. The number of urea groups is 1. The van der Waals surface area contributed by atoms with Gasteiger partial charge in [0.05, 0.1) is 12.7 Å². The summed E-state index contributed by atoms with van der Waals surface area (Å²) < 4.78 is 5.08. The van der Waals surface area contributed by atoms with E-state index >= 15 is 0 Å². The van der Waals surface area contributed by atoms with Crippen LogP contribution in [0.4, 0.5) is 10.5 Å². The highest BCUT2D eigenvalue weighted by molar-refractivity contribution is 5.95. The summed E-state index contributed by atoms with van der Waals surface area (Å²) in [5, 5.41) is 22.9. The Morgan fingerprint density at radius 1 is 1.38 bits per heavy atom. The standard InChI is InChI=1S/C14H17N3O4/c1-8(2)11(13(18)19)16-14(20)17-12-9(7-15)5-4-6-10(12)21-3/h4-6,8,11H,1-3H3,(H,18,19)(H2,16,17,20)/t11-/m1/s1. The number of carboxylic acids is 1. The Morgan fingerprint density at radius 2 is 2.05 bits per heavy atom. The lowest BCUT2D eigenvalue weighted by Gasteiger charge is -2.19. The lowest BCUT2D eigenvalue weighted by atomic mass is 10.1. The fourth-order valence-corrected chi connectivity index (χ4v) is 1.73. The summed E-state index contributed by atoms with van der Waals surface area (Å²) in [4.78, 5) is 23.0. The predicted molar refractivity (Wildman–Crippen MR) is 76.1 cm³/mol. The van der Waals surface area contributed by atoms with Crippen LogP contribution in [0.15, 0.2) is 18.2 Å². The van der Waals surface area contributed by atoms with Crippen molar-refractivity contribution in [3.63, 3.8) is 0 Å². The summed E-state index contributed by atoms with van der Waals surface area (Å²) >= 11 is 0. The number of carboxylic acid groups (broad SMARTS) is 1. The number of carbonyl (C=O) groups excluding carboxylic acids is 1. The van der Waals surface area contributed by atoms with Crippen molar-refractivity contribution in [2.45, 2.75) is 19.9 Å². The van der Waals surface area contributed by atoms with Gasteiger partial charge in [0.25, 0.3) is 0 Å². The fraction of sp³-hybridized carbons (Fsp3) is 0.357. The third-order valence-electron chi connectivity index (χ3n) is 2.82. The van der Waals surface area contributed by atoms with Crippen molar-refractivity contribution in [2.24, 2.45) is 5.92 Å². The Hall–Kier alpha value is -2.75. The number of nitrogens with zero attached hydrogens (tertiary/aromatic N) is 1. The van der Waals surface area contributed by atoms with Crippen molar-refractivity contribution in [1.82, 2.24) is 5.32 Å². The molecule has 1 aromatic carbocycles. The molecule has 7 heteroatoms. The van der Waals surface area contributed by atoms with E-state index in [0.717, 1.165) is 0 Å². The van der Waals surface area contributed by atoms with Gasteiger partial charge in [-0.05, 0) is 18.1 Å². The first kappa shape index (κ1) is 16.3. The zero-order chi connectivity index (χ0) is 16.0. The van der Waals surface area contributed by atoms with Gasteiger partial charge >= 0.3 is 12.0 Å². The highest BCUT2D eigenvalue weighted by Crippen LogP contribution is 2.27. The Balaban J connectivity index is 2.94. The number of amides is 2. The van der Waals surface area contributed by atoms with Gasteiger partial charge in [-0.3, -0.25) is 0 Å². The molecule has 0 heterocycles. The SMILES string of the molecule is COc1cccc(C#N)c1NC(=O)N[C@@H](C(=O)O)C(C)C. The van der Waals surface area contributed by atoms with Crippen LogP contribution >= 0.6 is 0 Å². The van der Waals surface area contributed by atoms with Gasteiger partial charge in [-0.15, -0.1) is 0 Å². The van der Waals surface area contributed by atoms with E-state index in [0.29, 0.717) is 5.75 Å². The molecule has 21 heavy (non-hydrogen) atoms. The molecule has 0 aliphatic heterocycles. The van der Waals surface area contributed by atoms with E-state index in [-0.39, 0.29) is 17.2 Å². The maximum Gasteiger partial charge on any atom is 0.326 e. The minimum atomic E-state index is -1.12. The van der Waals surface area contributed by atoms with Gasteiger partial charge in [0, 0.05) is 0 Å². The average molecular weight is 291 g/mol. The van der Waals surface area contributed by atoms with Crippen LogP contribution in [0.1, 0.15) is 19.4 Å². The van der Waals surface area contributed by atoms with E-state index in [4.69, 9.17) is 15.1 Å². The third-order valence-corrected chi connectivity index (χ3v) is 2.82. The Morgan fingerprint density at radius 3 is 2.52 bits per heavy atom.